The van der Waals surface area contributed by atoms with E-state index in [1.165, 1.54) is 0 Å². The van der Waals surface area contributed by atoms with Gasteiger partial charge in [-0.05, 0) is 30.9 Å². The highest BCUT2D eigenvalue weighted by atomic mass is 16.5. The Balaban J connectivity index is 1.94. The number of nitrogens with zero attached hydrogens (tertiary/aromatic N) is 1. The SMILES string of the molecule is CC(C)C1CC(Nc2cccc(OCC#N)c2)CCO1. The molecule has 2 rings (SSSR count). The van der Waals surface area contributed by atoms with Gasteiger partial charge in [-0.1, -0.05) is 19.9 Å². The van der Waals surface area contributed by atoms with Crippen molar-refractivity contribution in [1.29, 1.82) is 5.26 Å². The molecule has 0 saturated carbocycles. The number of anilines is 1. The van der Waals surface area contributed by atoms with Gasteiger partial charge in [-0.15, -0.1) is 0 Å². The molecule has 1 aromatic carbocycles. The number of nitrogens with one attached hydrogen (secondary N) is 1. The summed E-state index contributed by atoms with van der Waals surface area (Å²) in [7, 11) is 0. The number of rotatable bonds is 5. The zero-order valence-corrected chi connectivity index (χ0v) is 12.1. The number of hydrogen-bond acceptors (Lipinski definition) is 4. The van der Waals surface area contributed by atoms with E-state index in [4.69, 9.17) is 14.7 Å². The van der Waals surface area contributed by atoms with E-state index in [-0.39, 0.29) is 6.61 Å². The second kappa shape index (κ2) is 7.16. The van der Waals surface area contributed by atoms with Crippen LogP contribution >= 0.6 is 0 Å². The summed E-state index contributed by atoms with van der Waals surface area (Å²) < 4.78 is 11.1. The molecule has 1 aromatic rings. The van der Waals surface area contributed by atoms with Crippen LogP contribution in [0.5, 0.6) is 5.75 Å². The Bertz CT molecular complexity index is 468. The van der Waals surface area contributed by atoms with Crippen molar-refractivity contribution in [3.8, 4) is 11.8 Å². The van der Waals surface area contributed by atoms with Crippen LogP contribution in [-0.4, -0.2) is 25.4 Å². The van der Waals surface area contributed by atoms with E-state index in [0.717, 1.165) is 30.9 Å². The molecule has 1 aliphatic heterocycles. The third-order valence-electron chi connectivity index (χ3n) is 3.57. The summed E-state index contributed by atoms with van der Waals surface area (Å²) in [6.07, 6.45) is 2.38. The van der Waals surface area contributed by atoms with Crippen molar-refractivity contribution in [2.24, 2.45) is 5.92 Å². The predicted octanol–water partition coefficient (Wildman–Crippen LogP) is 3.20. The van der Waals surface area contributed by atoms with Crippen LogP contribution in [0, 0.1) is 17.2 Å². The van der Waals surface area contributed by atoms with Gasteiger partial charge in [0.25, 0.3) is 0 Å². The third kappa shape index (κ3) is 4.14. The Kier molecular flexibility index (Phi) is 5.25. The fraction of sp³-hybridized carbons (Fsp3) is 0.562. The third-order valence-corrected chi connectivity index (χ3v) is 3.57. The average Bonchev–Trinajstić information content (AvgIpc) is 2.46. The van der Waals surface area contributed by atoms with Crippen LogP contribution < -0.4 is 10.1 Å². The van der Waals surface area contributed by atoms with Gasteiger partial charge >= 0.3 is 0 Å². The molecule has 0 bridgehead atoms. The summed E-state index contributed by atoms with van der Waals surface area (Å²) in [6, 6.07) is 10.2. The summed E-state index contributed by atoms with van der Waals surface area (Å²) in [5.74, 6) is 1.27. The maximum atomic E-state index is 8.53. The lowest BCUT2D eigenvalue weighted by Crippen LogP contribution is -2.36. The van der Waals surface area contributed by atoms with Crippen LogP contribution in [0.15, 0.2) is 24.3 Å². The second-order valence-corrected chi connectivity index (χ2v) is 5.49. The number of ether oxygens (including phenoxy) is 2. The van der Waals surface area contributed by atoms with Gasteiger partial charge in [0.1, 0.15) is 11.8 Å². The van der Waals surface area contributed by atoms with Crippen LogP contribution in [0.3, 0.4) is 0 Å². The molecule has 20 heavy (non-hydrogen) atoms. The summed E-state index contributed by atoms with van der Waals surface area (Å²) in [6.45, 7) is 5.29. The molecule has 4 nitrogen and oxygen atoms in total. The molecule has 1 fully saturated rings. The Morgan fingerprint density at radius 1 is 1.50 bits per heavy atom. The summed E-state index contributed by atoms with van der Waals surface area (Å²) in [4.78, 5) is 0. The summed E-state index contributed by atoms with van der Waals surface area (Å²) in [5, 5.41) is 12.1. The highest BCUT2D eigenvalue weighted by Gasteiger charge is 2.24. The molecule has 1 saturated heterocycles. The smallest absolute Gasteiger partial charge is 0.174 e. The minimum atomic E-state index is 0.0795. The van der Waals surface area contributed by atoms with Crippen molar-refractivity contribution in [3.63, 3.8) is 0 Å². The van der Waals surface area contributed by atoms with Gasteiger partial charge < -0.3 is 14.8 Å². The monoisotopic (exact) mass is 274 g/mol. The van der Waals surface area contributed by atoms with Crippen molar-refractivity contribution in [2.75, 3.05) is 18.5 Å². The average molecular weight is 274 g/mol. The fourth-order valence-corrected chi connectivity index (χ4v) is 2.45. The first-order valence-corrected chi connectivity index (χ1v) is 7.17. The number of hydrogen-bond donors (Lipinski definition) is 1. The van der Waals surface area contributed by atoms with Crippen molar-refractivity contribution >= 4 is 5.69 Å². The molecule has 1 N–H and O–H groups in total. The zero-order valence-electron chi connectivity index (χ0n) is 12.1. The van der Waals surface area contributed by atoms with Crippen LogP contribution in [-0.2, 0) is 4.74 Å². The van der Waals surface area contributed by atoms with Gasteiger partial charge in [-0.2, -0.15) is 5.26 Å². The van der Waals surface area contributed by atoms with Gasteiger partial charge in [-0.25, -0.2) is 0 Å². The Morgan fingerprint density at radius 3 is 3.10 bits per heavy atom. The molecule has 0 amide bonds. The highest BCUT2D eigenvalue weighted by molar-refractivity contribution is 5.49. The Morgan fingerprint density at radius 2 is 2.35 bits per heavy atom. The van der Waals surface area contributed by atoms with Gasteiger partial charge in [-0.3, -0.25) is 0 Å². The van der Waals surface area contributed by atoms with E-state index in [0.29, 0.717) is 18.1 Å². The lowest BCUT2D eigenvalue weighted by molar-refractivity contribution is -0.0160. The van der Waals surface area contributed by atoms with Crippen molar-refractivity contribution in [1.82, 2.24) is 0 Å². The molecule has 0 aromatic heterocycles. The standard InChI is InChI=1S/C16H22N2O2/c1-12(2)16-11-14(6-8-20-16)18-13-4-3-5-15(10-13)19-9-7-17/h3-5,10,12,14,16,18H,6,8-9,11H2,1-2H3. The first kappa shape index (κ1) is 14.7. The molecular formula is C16H22N2O2. The molecule has 1 heterocycles. The molecule has 0 spiro atoms. The maximum Gasteiger partial charge on any atom is 0.174 e. The lowest BCUT2D eigenvalue weighted by Gasteiger charge is -2.33. The minimum absolute atomic E-state index is 0.0795. The van der Waals surface area contributed by atoms with Crippen LogP contribution in [0.25, 0.3) is 0 Å². The molecule has 1 aliphatic rings. The Labute approximate surface area is 120 Å². The van der Waals surface area contributed by atoms with Gasteiger partial charge in [0, 0.05) is 24.4 Å². The highest BCUT2D eigenvalue weighted by Crippen LogP contribution is 2.24. The Hall–Kier alpha value is -1.73. The van der Waals surface area contributed by atoms with E-state index in [9.17, 15) is 0 Å². The summed E-state index contributed by atoms with van der Waals surface area (Å²) in [5.41, 5.74) is 1.04. The molecule has 2 atom stereocenters. The molecule has 0 radical (unpaired) electrons. The molecule has 4 heteroatoms. The van der Waals surface area contributed by atoms with E-state index in [2.05, 4.69) is 19.2 Å². The lowest BCUT2D eigenvalue weighted by atomic mass is 9.95. The minimum Gasteiger partial charge on any atom is -0.479 e. The second-order valence-electron chi connectivity index (χ2n) is 5.49. The topological polar surface area (TPSA) is 54.3 Å². The van der Waals surface area contributed by atoms with Gasteiger partial charge in [0.15, 0.2) is 6.61 Å². The van der Waals surface area contributed by atoms with Crippen molar-refractivity contribution in [2.45, 2.75) is 38.8 Å². The van der Waals surface area contributed by atoms with E-state index in [1.807, 2.05) is 30.3 Å². The molecule has 0 aliphatic carbocycles. The normalized spacial score (nSPS) is 22.3. The van der Waals surface area contributed by atoms with Crippen molar-refractivity contribution in [3.05, 3.63) is 24.3 Å². The van der Waals surface area contributed by atoms with Crippen LogP contribution in [0.4, 0.5) is 5.69 Å². The van der Waals surface area contributed by atoms with Gasteiger partial charge in [0.2, 0.25) is 0 Å². The van der Waals surface area contributed by atoms with Gasteiger partial charge in [0.05, 0.1) is 6.10 Å². The molecule has 108 valence electrons. The molecule has 2 unspecified atom stereocenters. The predicted molar refractivity (Wildman–Crippen MR) is 78.8 cm³/mol. The summed E-state index contributed by atoms with van der Waals surface area (Å²) >= 11 is 0. The maximum absolute atomic E-state index is 8.53. The van der Waals surface area contributed by atoms with Crippen LogP contribution in [0.1, 0.15) is 26.7 Å². The molecular weight excluding hydrogens is 252 g/mol. The largest absolute Gasteiger partial charge is 0.479 e. The first-order valence-electron chi connectivity index (χ1n) is 7.17. The van der Waals surface area contributed by atoms with Crippen molar-refractivity contribution < 1.29 is 9.47 Å². The van der Waals surface area contributed by atoms with E-state index >= 15 is 0 Å². The quantitative estimate of drug-likeness (QED) is 0.895. The number of nitriles is 1. The fourth-order valence-electron chi connectivity index (χ4n) is 2.45. The number of benzene rings is 1. The van der Waals surface area contributed by atoms with E-state index in [1.54, 1.807) is 0 Å². The van der Waals surface area contributed by atoms with E-state index < -0.39 is 0 Å². The zero-order chi connectivity index (χ0) is 14.4. The van der Waals surface area contributed by atoms with Crippen LogP contribution in [0.2, 0.25) is 0 Å². The first-order chi connectivity index (χ1) is 9.69.